The van der Waals surface area contributed by atoms with Crippen LogP contribution in [0, 0.1) is 11.6 Å². The monoisotopic (exact) mass is 444 g/mol. The summed E-state index contributed by atoms with van der Waals surface area (Å²) < 4.78 is 33.7. The third-order valence-electron chi connectivity index (χ3n) is 5.85. The van der Waals surface area contributed by atoms with Crippen LogP contribution < -0.4 is 15.4 Å². The highest BCUT2D eigenvalue weighted by Gasteiger charge is 2.25. The van der Waals surface area contributed by atoms with Gasteiger partial charge >= 0.3 is 6.03 Å². The number of carbonyl (C=O) groups excluding carboxylic acids is 1. The number of aromatic nitrogens is 2. The number of rotatable bonds is 6. The Kier molecular flexibility index (Phi) is 6.55. The molecule has 1 aliphatic rings. The molecule has 1 atom stereocenters. The number of aliphatic hydroxyl groups is 1. The van der Waals surface area contributed by atoms with Gasteiger partial charge in [-0.3, -0.25) is 0 Å². The molecule has 1 heterocycles. The Balaban J connectivity index is 1.57. The predicted octanol–water partition coefficient (Wildman–Crippen LogP) is 3.74. The number of aliphatic hydroxyl groups excluding tert-OH is 1. The summed E-state index contributed by atoms with van der Waals surface area (Å²) in [6.45, 7) is 0. The number of benzene rings is 2. The molecule has 0 saturated heterocycles. The Morgan fingerprint density at radius 3 is 2.66 bits per heavy atom. The molecule has 9 heteroatoms. The summed E-state index contributed by atoms with van der Waals surface area (Å²) >= 11 is 0. The summed E-state index contributed by atoms with van der Waals surface area (Å²) in [5.41, 5.74) is 1.57. The fourth-order valence-electron chi connectivity index (χ4n) is 4.07. The van der Waals surface area contributed by atoms with Gasteiger partial charge in [-0.2, -0.15) is 4.39 Å². The molecule has 0 aliphatic heterocycles. The van der Waals surface area contributed by atoms with Crippen LogP contribution in [0.4, 0.5) is 13.6 Å². The van der Waals surface area contributed by atoms with Crippen LogP contribution in [0.15, 0.2) is 36.4 Å². The number of H-pyrrole nitrogens is 1. The van der Waals surface area contributed by atoms with Crippen LogP contribution in [0.1, 0.15) is 43.1 Å². The lowest BCUT2D eigenvalue weighted by Gasteiger charge is -2.27. The molecule has 0 spiro atoms. The number of imidazole rings is 1. The highest BCUT2D eigenvalue weighted by atomic mass is 19.2. The lowest BCUT2D eigenvalue weighted by Crippen LogP contribution is -2.45. The molecule has 2 amide bonds. The van der Waals surface area contributed by atoms with Crippen LogP contribution >= 0.6 is 0 Å². The average Bonchev–Trinajstić information content (AvgIpc) is 3.22. The molecule has 1 saturated carbocycles. The minimum Gasteiger partial charge on any atom is -0.494 e. The van der Waals surface area contributed by atoms with Crippen molar-refractivity contribution in [2.75, 3.05) is 7.11 Å². The fourth-order valence-corrected chi connectivity index (χ4v) is 4.07. The second-order valence-electron chi connectivity index (χ2n) is 8.07. The summed E-state index contributed by atoms with van der Waals surface area (Å²) in [5.74, 6) is -1.83. The Labute approximate surface area is 184 Å². The van der Waals surface area contributed by atoms with Gasteiger partial charge in [-0.25, -0.2) is 14.2 Å². The second kappa shape index (κ2) is 9.52. The maximum Gasteiger partial charge on any atom is 0.315 e. The molecule has 0 bridgehead atoms. The van der Waals surface area contributed by atoms with Gasteiger partial charge in [0.25, 0.3) is 0 Å². The number of hydrogen-bond donors (Lipinski definition) is 4. The van der Waals surface area contributed by atoms with Crippen LogP contribution in [0.25, 0.3) is 11.0 Å². The number of methoxy groups -OCH3 is 1. The Morgan fingerprint density at radius 2 is 1.94 bits per heavy atom. The number of nitrogens with one attached hydrogen (secondary N) is 3. The molecular weight excluding hydrogens is 418 g/mol. The van der Waals surface area contributed by atoms with Crippen molar-refractivity contribution in [1.29, 1.82) is 0 Å². The van der Waals surface area contributed by atoms with E-state index in [0.717, 1.165) is 5.52 Å². The number of nitrogens with zero attached hydrogens (tertiary/aromatic N) is 1. The lowest BCUT2D eigenvalue weighted by molar-refractivity contribution is 0.117. The third-order valence-corrected chi connectivity index (χ3v) is 5.85. The zero-order chi connectivity index (χ0) is 22.7. The SMILES string of the molecule is COc1ccc(C[C@@H](NC(=O)NC2CCC(O)CC2)c2nc3ccccc3[nH]2)c(F)c1F. The zero-order valence-electron chi connectivity index (χ0n) is 17.7. The number of hydrogen-bond acceptors (Lipinski definition) is 4. The Bertz CT molecular complexity index is 1060. The first kappa shape index (κ1) is 22.0. The van der Waals surface area contributed by atoms with Gasteiger partial charge in [-0.15, -0.1) is 0 Å². The van der Waals surface area contributed by atoms with Crippen molar-refractivity contribution in [3.63, 3.8) is 0 Å². The summed E-state index contributed by atoms with van der Waals surface area (Å²) in [6, 6.07) is 8.98. The Hall–Kier alpha value is -3.20. The van der Waals surface area contributed by atoms with Gasteiger partial charge < -0.3 is 25.5 Å². The highest BCUT2D eigenvalue weighted by molar-refractivity contribution is 5.76. The number of para-hydroxylation sites is 2. The number of fused-ring (bicyclic) bond motifs is 1. The largest absolute Gasteiger partial charge is 0.494 e. The molecule has 2 aromatic carbocycles. The normalized spacial score (nSPS) is 19.5. The number of carbonyl (C=O) groups is 1. The van der Waals surface area contributed by atoms with E-state index in [-0.39, 0.29) is 29.9 Å². The Morgan fingerprint density at radius 1 is 1.19 bits per heavy atom. The molecule has 3 aromatic rings. The van der Waals surface area contributed by atoms with Crippen molar-refractivity contribution in [3.8, 4) is 5.75 Å². The standard InChI is InChI=1S/C23H26F2N4O3/c1-32-19-11-6-13(20(24)21(19)25)12-18(22-27-16-4-2-3-5-17(16)28-22)29-23(31)26-14-7-9-15(30)10-8-14/h2-6,11,14-15,18,30H,7-10,12H2,1H3,(H,27,28)(H2,26,29,31)/t14?,15?,18-/m1/s1. The van der Waals surface area contributed by atoms with E-state index in [1.165, 1.54) is 19.2 Å². The van der Waals surface area contributed by atoms with Crippen molar-refractivity contribution in [2.45, 2.75) is 50.3 Å². The van der Waals surface area contributed by atoms with Crippen molar-refractivity contribution >= 4 is 17.1 Å². The topological polar surface area (TPSA) is 99.3 Å². The smallest absolute Gasteiger partial charge is 0.315 e. The zero-order valence-corrected chi connectivity index (χ0v) is 17.7. The van der Waals surface area contributed by atoms with Gasteiger partial charge in [0.2, 0.25) is 5.82 Å². The van der Waals surface area contributed by atoms with Crippen LogP contribution in [0.2, 0.25) is 0 Å². The van der Waals surface area contributed by atoms with Crippen LogP contribution in [-0.4, -0.2) is 40.4 Å². The van der Waals surface area contributed by atoms with E-state index < -0.39 is 23.7 Å². The summed E-state index contributed by atoms with van der Waals surface area (Å²) in [4.78, 5) is 20.4. The number of ether oxygens (including phenoxy) is 1. The van der Waals surface area contributed by atoms with E-state index in [9.17, 15) is 18.7 Å². The number of urea groups is 1. The number of aromatic amines is 1. The molecule has 7 nitrogen and oxygen atoms in total. The highest BCUT2D eigenvalue weighted by Crippen LogP contribution is 2.27. The summed E-state index contributed by atoms with van der Waals surface area (Å²) in [6.07, 6.45) is 2.29. The first-order valence-electron chi connectivity index (χ1n) is 10.6. The van der Waals surface area contributed by atoms with Crippen LogP contribution in [0.3, 0.4) is 0 Å². The number of amides is 2. The van der Waals surface area contributed by atoms with E-state index >= 15 is 0 Å². The maximum absolute atomic E-state index is 14.6. The lowest BCUT2D eigenvalue weighted by atomic mass is 9.93. The van der Waals surface area contributed by atoms with Gasteiger partial charge in [0, 0.05) is 12.5 Å². The van der Waals surface area contributed by atoms with Crippen molar-refractivity contribution in [3.05, 3.63) is 59.4 Å². The molecule has 1 fully saturated rings. The summed E-state index contributed by atoms with van der Waals surface area (Å²) in [5, 5.41) is 15.4. The molecule has 1 aromatic heterocycles. The van der Waals surface area contributed by atoms with E-state index in [0.29, 0.717) is 37.0 Å². The van der Waals surface area contributed by atoms with E-state index in [1.807, 2.05) is 24.3 Å². The minimum absolute atomic E-state index is 0.0105. The van der Waals surface area contributed by atoms with Gasteiger partial charge in [0.05, 0.1) is 30.3 Å². The van der Waals surface area contributed by atoms with E-state index in [4.69, 9.17) is 4.74 Å². The van der Waals surface area contributed by atoms with Gasteiger partial charge in [0.1, 0.15) is 5.82 Å². The molecule has 0 radical (unpaired) electrons. The fraction of sp³-hybridized carbons (Fsp3) is 0.391. The van der Waals surface area contributed by atoms with Gasteiger partial charge in [-0.1, -0.05) is 18.2 Å². The molecule has 32 heavy (non-hydrogen) atoms. The maximum atomic E-state index is 14.6. The molecular formula is C23H26F2N4O3. The van der Waals surface area contributed by atoms with Crippen molar-refractivity contribution in [2.24, 2.45) is 0 Å². The second-order valence-corrected chi connectivity index (χ2v) is 8.07. The molecule has 170 valence electrons. The summed E-state index contributed by atoms with van der Waals surface area (Å²) in [7, 11) is 1.27. The quantitative estimate of drug-likeness (QED) is 0.466. The van der Waals surface area contributed by atoms with Gasteiger partial charge in [0.15, 0.2) is 11.6 Å². The van der Waals surface area contributed by atoms with Crippen LogP contribution in [-0.2, 0) is 6.42 Å². The van der Waals surface area contributed by atoms with Crippen LogP contribution in [0.5, 0.6) is 5.75 Å². The van der Waals surface area contributed by atoms with Crippen molar-refractivity contribution < 1.29 is 23.4 Å². The molecule has 1 aliphatic carbocycles. The van der Waals surface area contributed by atoms with E-state index in [2.05, 4.69) is 20.6 Å². The third kappa shape index (κ3) is 4.83. The number of halogens is 2. The molecule has 4 rings (SSSR count). The first-order chi connectivity index (χ1) is 15.4. The minimum atomic E-state index is -1.07. The average molecular weight is 444 g/mol. The van der Waals surface area contributed by atoms with E-state index in [1.54, 1.807) is 0 Å². The molecule has 0 unspecified atom stereocenters. The molecule has 4 N–H and O–H groups in total. The van der Waals surface area contributed by atoms with Crippen molar-refractivity contribution in [1.82, 2.24) is 20.6 Å². The van der Waals surface area contributed by atoms with Gasteiger partial charge in [-0.05, 0) is 49.4 Å². The first-order valence-corrected chi connectivity index (χ1v) is 10.6. The predicted molar refractivity (Wildman–Crippen MR) is 115 cm³/mol.